The van der Waals surface area contributed by atoms with E-state index in [0.717, 1.165) is 23.0 Å². The van der Waals surface area contributed by atoms with Crippen LogP contribution in [0.25, 0.3) is 0 Å². The lowest BCUT2D eigenvalue weighted by molar-refractivity contribution is 0.439. The molecule has 1 aromatic carbocycles. The summed E-state index contributed by atoms with van der Waals surface area (Å²) >= 11 is 3.41. The molecule has 0 aliphatic heterocycles. The molecule has 0 fully saturated rings. The molecule has 0 radical (unpaired) electrons. The molecule has 21 heavy (non-hydrogen) atoms. The third-order valence-corrected chi connectivity index (χ3v) is 5.30. The Morgan fingerprint density at radius 2 is 1.95 bits per heavy atom. The molecule has 0 aromatic heterocycles. The van der Waals surface area contributed by atoms with Crippen molar-refractivity contribution in [3.05, 3.63) is 34.3 Å². The summed E-state index contributed by atoms with van der Waals surface area (Å²) in [5.74, 6) is 0. The molecule has 0 saturated heterocycles. The van der Waals surface area contributed by atoms with Crippen LogP contribution in [-0.4, -0.2) is 38.9 Å². The number of rotatable bonds is 9. The summed E-state index contributed by atoms with van der Waals surface area (Å²) in [5, 5.41) is 3.27. The minimum Gasteiger partial charge on any atom is -0.314 e. The van der Waals surface area contributed by atoms with Gasteiger partial charge in [0.15, 0.2) is 0 Å². The Hall–Kier alpha value is -0.470. The number of hydrogen-bond acceptors (Lipinski definition) is 3. The van der Waals surface area contributed by atoms with Crippen molar-refractivity contribution in [1.29, 1.82) is 0 Å². The number of halogens is 1. The molecule has 1 rings (SSSR count). The Bertz CT molecular complexity index is 535. The van der Waals surface area contributed by atoms with Gasteiger partial charge in [-0.15, -0.1) is 0 Å². The van der Waals surface area contributed by atoms with Gasteiger partial charge in [-0.05, 0) is 24.6 Å². The quantitative estimate of drug-likeness (QED) is 0.647. The second-order valence-electron chi connectivity index (χ2n) is 5.20. The van der Waals surface area contributed by atoms with E-state index in [1.165, 1.54) is 4.31 Å². The van der Waals surface area contributed by atoms with Gasteiger partial charge >= 0.3 is 0 Å². The topological polar surface area (TPSA) is 61.4 Å². The van der Waals surface area contributed by atoms with Crippen molar-refractivity contribution in [1.82, 2.24) is 14.3 Å². The number of nitrogens with zero attached hydrogens (tertiary/aromatic N) is 1. The standard InChI is InChI=1S/C14H24BrN3O2S/c1-12(2)16-9-6-10-18(3)21(19,20)17-11-13-7-4-5-8-14(13)15/h4-5,7-8,12,16-17H,6,9-11H2,1-3H3. The van der Waals surface area contributed by atoms with E-state index in [1.54, 1.807) is 7.05 Å². The molecule has 0 saturated carbocycles. The van der Waals surface area contributed by atoms with Gasteiger partial charge in [-0.25, -0.2) is 0 Å². The van der Waals surface area contributed by atoms with Crippen LogP contribution < -0.4 is 10.0 Å². The van der Waals surface area contributed by atoms with Crippen molar-refractivity contribution in [2.75, 3.05) is 20.1 Å². The summed E-state index contributed by atoms with van der Waals surface area (Å²) in [6, 6.07) is 7.98. The van der Waals surface area contributed by atoms with E-state index in [4.69, 9.17) is 0 Å². The van der Waals surface area contributed by atoms with Crippen LogP contribution in [0.2, 0.25) is 0 Å². The molecule has 120 valence electrons. The van der Waals surface area contributed by atoms with Gasteiger partial charge in [0.1, 0.15) is 0 Å². The Labute approximate surface area is 136 Å². The van der Waals surface area contributed by atoms with Gasteiger partial charge in [0, 0.05) is 30.7 Å². The fourth-order valence-corrected chi connectivity index (χ4v) is 3.09. The molecular formula is C14H24BrN3O2S. The Morgan fingerprint density at radius 1 is 1.29 bits per heavy atom. The second kappa shape index (κ2) is 8.85. The molecule has 0 heterocycles. The van der Waals surface area contributed by atoms with Crippen molar-refractivity contribution < 1.29 is 8.42 Å². The molecular weight excluding hydrogens is 354 g/mol. The lowest BCUT2D eigenvalue weighted by Crippen LogP contribution is -2.39. The highest BCUT2D eigenvalue weighted by molar-refractivity contribution is 9.10. The Morgan fingerprint density at radius 3 is 2.57 bits per heavy atom. The van der Waals surface area contributed by atoms with E-state index in [0.29, 0.717) is 12.6 Å². The van der Waals surface area contributed by atoms with E-state index in [2.05, 4.69) is 39.8 Å². The van der Waals surface area contributed by atoms with Crippen LogP contribution in [0.15, 0.2) is 28.7 Å². The highest BCUT2D eigenvalue weighted by Gasteiger charge is 2.16. The Kier molecular flexibility index (Phi) is 7.83. The van der Waals surface area contributed by atoms with Crippen LogP contribution in [-0.2, 0) is 16.8 Å². The van der Waals surface area contributed by atoms with Crippen molar-refractivity contribution in [2.45, 2.75) is 32.9 Å². The van der Waals surface area contributed by atoms with Crippen molar-refractivity contribution >= 4 is 26.1 Å². The average molecular weight is 378 g/mol. The normalized spacial score (nSPS) is 12.3. The zero-order valence-corrected chi connectivity index (χ0v) is 15.2. The SMILES string of the molecule is CC(C)NCCCN(C)S(=O)(=O)NCc1ccccc1Br. The molecule has 0 spiro atoms. The van der Waals surface area contributed by atoms with Crippen LogP contribution in [0.5, 0.6) is 0 Å². The van der Waals surface area contributed by atoms with E-state index in [-0.39, 0.29) is 6.54 Å². The van der Waals surface area contributed by atoms with Crippen LogP contribution in [0.4, 0.5) is 0 Å². The fourth-order valence-electron chi connectivity index (χ4n) is 1.73. The van der Waals surface area contributed by atoms with Crippen molar-refractivity contribution in [2.24, 2.45) is 0 Å². The maximum atomic E-state index is 12.1. The first-order valence-electron chi connectivity index (χ1n) is 7.00. The zero-order valence-electron chi connectivity index (χ0n) is 12.8. The fraction of sp³-hybridized carbons (Fsp3) is 0.571. The Balaban J connectivity index is 2.43. The predicted octanol–water partition coefficient (Wildman–Crippen LogP) is 2.10. The summed E-state index contributed by atoms with van der Waals surface area (Å²) in [5.41, 5.74) is 0.913. The minimum absolute atomic E-state index is 0.276. The minimum atomic E-state index is -3.44. The van der Waals surface area contributed by atoms with Gasteiger partial charge in [-0.1, -0.05) is 48.0 Å². The first kappa shape index (κ1) is 18.6. The molecule has 7 heteroatoms. The molecule has 1 aromatic rings. The van der Waals surface area contributed by atoms with Gasteiger partial charge in [0.05, 0.1) is 0 Å². The summed E-state index contributed by atoms with van der Waals surface area (Å²) in [7, 11) is -1.85. The van der Waals surface area contributed by atoms with E-state index in [1.807, 2.05) is 24.3 Å². The average Bonchev–Trinajstić information content (AvgIpc) is 2.42. The molecule has 0 atom stereocenters. The maximum Gasteiger partial charge on any atom is 0.279 e. The summed E-state index contributed by atoms with van der Waals surface area (Å²) in [6.07, 6.45) is 0.782. The van der Waals surface area contributed by atoms with Crippen LogP contribution in [0.1, 0.15) is 25.8 Å². The summed E-state index contributed by atoms with van der Waals surface area (Å²) in [6.45, 7) is 5.71. The molecule has 0 aliphatic rings. The highest BCUT2D eigenvalue weighted by atomic mass is 79.9. The van der Waals surface area contributed by atoms with E-state index < -0.39 is 10.2 Å². The van der Waals surface area contributed by atoms with Crippen LogP contribution in [0, 0.1) is 0 Å². The molecule has 0 bridgehead atoms. The second-order valence-corrected chi connectivity index (χ2v) is 7.92. The van der Waals surface area contributed by atoms with Crippen molar-refractivity contribution in [3.63, 3.8) is 0 Å². The van der Waals surface area contributed by atoms with Gasteiger partial charge in [-0.3, -0.25) is 0 Å². The number of benzene rings is 1. The largest absolute Gasteiger partial charge is 0.314 e. The van der Waals surface area contributed by atoms with Gasteiger partial charge in [0.2, 0.25) is 0 Å². The molecule has 0 amide bonds. The smallest absolute Gasteiger partial charge is 0.279 e. The molecule has 0 aliphatic carbocycles. The van der Waals surface area contributed by atoms with E-state index in [9.17, 15) is 8.42 Å². The monoisotopic (exact) mass is 377 g/mol. The first-order valence-corrected chi connectivity index (χ1v) is 9.24. The van der Waals surface area contributed by atoms with Crippen LogP contribution in [0.3, 0.4) is 0 Å². The predicted molar refractivity (Wildman–Crippen MR) is 90.3 cm³/mol. The van der Waals surface area contributed by atoms with Gasteiger partial charge < -0.3 is 5.32 Å². The van der Waals surface area contributed by atoms with E-state index >= 15 is 0 Å². The van der Waals surface area contributed by atoms with Crippen LogP contribution >= 0.6 is 15.9 Å². The first-order chi connectivity index (χ1) is 9.83. The van der Waals surface area contributed by atoms with Gasteiger partial charge in [-0.2, -0.15) is 17.4 Å². The number of hydrogen-bond donors (Lipinski definition) is 2. The maximum absolute atomic E-state index is 12.1. The highest BCUT2D eigenvalue weighted by Crippen LogP contribution is 2.15. The molecule has 0 unspecified atom stereocenters. The van der Waals surface area contributed by atoms with Crippen molar-refractivity contribution in [3.8, 4) is 0 Å². The summed E-state index contributed by atoms with van der Waals surface area (Å²) < 4.78 is 29.1. The van der Waals surface area contributed by atoms with Gasteiger partial charge in [0.25, 0.3) is 10.2 Å². The summed E-state index contributed by atoms with van der Waals surface area (Å²) in [4.78, 5) is 0. The zero-order chi connectivity index (χ0) is 15.9. The third kappa shape index (κ3) is 6.88. The molecule has 2 N–H and O–H groups in total. The lowest BCUT2D eigenvalue weighted by atomic mass is 10.2. The molecule has 5 nitrogen and oxygen atoms in total. The lowest BCUT2D eigenvalue weighted by Gasteiger charge is -2.18. The number of nitrogens with one attached hydrogen (secondary N) is 2. The third-order valence-electron chi connectivity index (χ3n) is 3.02.